The lowest BCUT2D eigenvalue weighted by Crippen LogP contribution is -2.37. The molecular weight excluding hydrogens is 372 g/mol. The van der Waals surface area contributed by atoms with Crippen LogP contribution in [0.2, 0.25) is 0 Å². The Bertz CT molecular complexity index is 847. The van der Waals surface area contributed by atoms with Crippen LogP contribution in [0.5, 0.6) is 5.75 Å². The molecule has 0 spiro atoms. The number of aliphatic carboxylic acids is 1. The molecule has 0 aliphatic carbocycles. The second-order valence-corrected chi connectivity index (χ2v) is 8.86. The van der Waals surface area contributed by atoms with Crippen molar-refractivity contribution in [1.82, 2.24) is 9.21 Å². The van der Waals surface area contributed by atoms with Crippen molar-refractivity contribution in [3.63, 3.8) is 0 Å². The summed E-state index contributed by atoms with van der Waals surface area (Å²) in [6, 6.07) is 3.89. The quantitative estimate of drug-likeness (QED) is 0.807. The van der Waals surface area contributed by atoms with Gasteiger partial charge in [0, 0.05) is 31.2 Å². The van der Waals surface area contributed by atoms with Crippen LogP contribution in [0.3, 0.4) is 0 Å². The summed E-state index contributed by atoms with van der Waals surface area (Å²) in [6.45, 7) is 2.94. The average Bonchev–Trinajstić information content (AvgIpc) is 3.30. The number of ether oxygens (including phenoxy) is 1. The van der Waals surface area contributed by atoms with Crippen molar-refractivity contribution in [1.29, 1.82) is 0 Å². The Hall–Kier alpha value is -2.13. The van der Waals surface area contributed by atoms with Gasteiger partial charge in [-0.1, -0.05) is 0 Å². The van der Waals surface area contributed by atoms with Gasteiger partial charge in [0.15, 0.2) is 0 Å². The highest BCUT2D eigenvalue weighted by Crippen LogP contribution is 2.32. The number of methoxy groups -OCH3 is 1. The van der Waals surface area contributed by atoms with E-state index in [1.165, 1.54) is 34.5 Å². The van der Waals surface area contributed by atoms with E-state index in [9.17, 15) is 23.1 Å². The van der Waals surface area contributed by atoms with Gasteiger partial charge < -0.3 is 14.7 Å². The zero-order valence-electron chi connectivity index (χ0n) is 15.4. The summed E-state index contributed by atoms with van der Waals surface area (Å²) in [4.78, 5) is 25.7. The van der Waals surface area contributed by atoms with Gasteiger partial charge in [0.1, 0.15) is 10.6 Å². The Balaban J connectivity index is 1.94. The largest absolute Gasteiger partial charge is 0.495 e. The maximum absolute atomic E-state index is 13.0. The van der Waals surface area contributed by atoms with E-state index in [4.69, 9.17) is 4.74 Å². The number of benzene rings is 1. The zero-order valence-corrected chi connectivity index (χ0v) is 16.2. The number of hydrogen-bond acceptors (Lipinski definition) is 5. The summed E-state index contributed by atoms with van der Waals surface area (Å²) in [5.74, 6) is -1.71. The number of carboxylic acids is 1. The van der Waals surface area contributed by atoms with Crippen LogP contribution in [0, 0.1) is 5.92 Å². The number of rotatable bonds is 5. The first-order valence-corrected chi connectivity index (χ1v) is 10.4. The van der Waals surface area contributed by atoms with Crippen LogP contribution in [0.15, 0.2) is 23.1 Å². The molecule has 0 radical (unpaired) electrons. The second-order valence-electron chi connectivity index (χ2n) is 6.95. The molecule has 2 heterocycles. The highest BCUT2D eigenvalue weighted by molar-refractivity contribution is 7.89. The Labute approximate surface area is 158 Å². The minimum Gasteiger partial charge on any atom is -0.495 e. The molecular formula is C18H24N2O6S. The average molecular weight is 396 g/mol. The van der Waals surface area contributed by atoms with E-state index in [0.29, 0.717) is 26.1 Å². The van der Waals surface area contributed by atoms with Gasteiger partial charge in [0.2, 0.25) is 10.0 Å². The van der Waals surface area contributed by atoms with Crippen LogP contribution in [-0.4, -0.2) is 67.4 Å². The first kappa shape index (κ1) is 19.6. The first-order chi connectivity index (χ1) is 12.8. The molecule has 1 aromatic rings. The molecule has 8 nitrogen and oxygen atoms in total. The van der Waals surface area contributed by atoms with Gasteiger partial charge in [-0.2, -0.15) is 4.31 Å². The molecule has 0 bridgehead atoms. The molecule has 2 atom stereocenters. The van der Waals surface area contributed by atoms with Crippen molar-refractivity contribution < 1.29 is 27.9 Å². The Morgan fingerprint density at radius 1 is 1.19 bits per heavy atom. The number of hydrogen-bond donors (Lipinski definition) is 1. The smallest absolute Gasteiger partial charge is 0.308 e. The number of carbonyl (C=O) groups excluding carboxylic acids is 1. The molecule has 1 aromatic carbocycles. The standard InChI is InChI=1S/C18H24N2O6S/c1-12-14(18(22)23)7-10-20(12)17(21)13-5-6-15(26-2)16(11-13)27(24,25)19-8-3-4-9-19/h5-6,11-12,14H,3-4,7-10H2,1-2H3,(H,22,23). The molecule has 1 N–H and O–H groups in total. The number of likely N-dealkylation sites (tertiary alicyclic amines) is 1. The number of amides is 1. The molecule has 2 unspecified atom stereocenters. The predicted molar refractivity (Wildman–Crippen MR) is 97.2 cm³/mol. The van der Waals surface area contributed by atoms with Crippen LogP contribution in [0.1, 0.15) is 36.5 Å². The van der Waals surface area contributed by atoms with Crippen LogP contribution >= 0.6 is 0 Å². The molecule has 2 fully saturated rings. The van der Waals surface area contributed by atoms with Crippen LogP contribution in [-0.2, 0) is 14.8 Å². The van der Waals surface area contributed by atoms with Crippen molar-refractivity contribution in [3.05, 3.63) is 23.8 Å². The third-order valence-corrected chi connectivity index (χ3v) is 7.35. The van der Waals surface area contributed by atoms with E-state index < -0.39 is 28.0 Å². The Morgan fingerprint density at radius 3 is 2.41 bits per heavy atom. The summed E-state index contributed by atoms with van der Waals surface area (Å²) < 4.78 is 32.5. The molecule has 2 aliphatic heterocycles. The van der Waals surface area contributed by atoms with Crippen molar-refractivity contribution >= 4 is 21.9 Å². The lowest BCUT2D eigenvalue weighted by Gasteiger charge is -2.24. The van der Waals surface area contributed by atoms with Gasteiger partial charge in [-0.3, -0.25) is 9.59 Å². The van der Waals surface area contributed by atoms with Crippen LogP contribution < -0.4 is 4.74 Å². The van der Waals surface area contributed by atoms with E-state index in [1.54, 1.807) is 6.92 Å². The molecule has 3 rings (SSSR count). The second kappa shape index (κ2) is 7.47. The fourth-order valence-electron chi connectivity index (χ4n) is 3.80. The third kappa shape index (κ3) is 3.53. The van der Waals surface area contributed by atoms with Crippen molar-refractivity contribution in [2.45, 2.75) is 37.1 Å². The van der Waals surface area contributed by atoms with Gasteiger partial charge in [-0.25, -0.2) is 8.42 Å². The minimum atomic E-state index is -3.76. The van der Waals surface area contributed by atoms with E-state index in [2.05, 4.69) is 0 Å². The van der Waals surface area contributed by atoms with E-state index in [1.807, 2.05) is 0 Å². The maximum atomic E-state index is 13.0. The highest BCUT2D eigenvalue weighted by atomic mass is 32.2. The molecule has 148 valence electrons. The van der Waals surface area contributed by atoms with Crippen LogP contribution in [0.4, 0.5) is 0 Å². The number of carbonyl (C=O) groups is 2. The fourth-order valence-corrected chi connectivity index (χ4v) is 5.50. The summed E-state index contributed by atoms with van der Waals surface area (Å²) in [5, 5.41) is 9.25. The van der Waals surface area contributed by atoms with Gasteiger partial charge >= 0.3 is 5.97 Å². The Kier molecular flexibility index (Phi) is 5.43. The predicted octanol–water partition coefficient (Wildman–Crippen LogP) is 1.41. The van der Waals surface area contributed by atoms with Crippen LogP contribution in [0.25, 0.3) is 0 Å². The summed E-state index contributed by atoms with van der Waals surface area (Å²) in [7, 11) is -2.37. The summed E-state index contributed by atoms with van der Waals surface area (Å²) in [5.41, 5.74) is 0.214. The van der Waals surface area contributed by atoms with E-state index in [-0.39, 0.29) is 22.1 Å². The molecule has 9 heteroatoms. The molecule has 2 saturated heterocycles. The van der Waals surface area contributed by atoms with E-state index >= 15 is 0 Å². The minimum absolute atomic E-state index is 0.0283. The van der Waals surface area contributed by atoms with Gasteiger partial charge in [0.05, 0.1) is 13.0 Å². The summed E-state index contributed by atoms with van der Waals surface area (Å²) in [6.07, 6.45) is 2.00. The van der Waals surface area contributed by atoms with Crippen molar-refractivity contribution in [2.75, 3.05) is 26.7 Å². The lowest BCUT2D eigenvalue weighted by molar-refractivity contribution is -0.142. The third-order valence-electron chi connectivity index (χ3n) is 5.43. The molecule has 27 heavy (non-hydrogen) atoms. The van der Waals surface area contributed by atoms with E-state index in [0.717, 1.165) is 12.8 Å². The zero-order chi connectivity index (χ0) is 19.8. The molecule has 1 amide bonds. The maximum Gasteiger partial charge on any atom is 0.308 e. The number of sulfonamides is 1. The molecule has 0 saturated carbocycles. The normalized spacial score (nSPS) is 23.6. The number of nitrogens with zero attached hydrogens (tertiary/aromatic N) is 2. The van der Waals surface area contributed by atoms with Crippen molar-refractivity contribution in [2.24, 2.45) is 5.92 Å². The van der Waals surface area contributed by atoms with Gasteiger partial charge in [-0.05, 0) is 44.4 Å². The van der Waals surface area contributed by atoms with Crippen molar-refractivity contribution in [3.8, 4) is 5.75 Å². The Morgan fingerprint density at radius 2 is 1.85 bits per heavy atom. The van der Waals surface area contributed by atoms with Gasteiger partial charge in [-0.15, -0.1) is 0 Å². The van der Waals surface area contributed by atoms with Gasteiger partial charge in [0.25, 0.3) is 5.91 Å². The molecule has 2 aliphatic rings. The topological polar surface area (TPSA) is 104 Å². The summed E-state index contributed by atoms with van der Waals surface area (Å²) >= 11 is 0. The SMILES string of the molecule is COc1ccc(C(=O)N2CCC(C(=O)O)C2C)cc1S(=O)(=O)N1CCCC1. The fraction of sp³-hybridized carbons (Fsp3) is 0.556. The lowest BCUT2D eigenvalue weighted by atomic mass is 10.0. The molecule has 0 aromatic heterocycles. The first-order valence-electron chi connectivity index (χ1n) is 8.99. The number of carboxylic acid groups (broad SMARTS) is 1. The highest BCUT2D eigenvalue weighted by Gasteiger charge is 2.39. The monoisotopic (exact) mass is 396 g/mol.